The first-order valence-corrected chi connectivity index (χ1v) is 5.91. The van der Waals surface area contributed by atoms with Gasteiger partial charge in [-0.3, -0.25) is 4.98 Å². The molecule has 0 aliphatic carbocycles. The summed E-state index contributed by atoms with van der Waals surface area (Å²) in [6, 6.07) is 4.62. The van der Waals surface area contributed by atoms with E-state index in [1.807, 2.05) is 12.4 Å². The molecule has 0 bridgehead atoms. The maximum Gasteiger partial charge on any atom is 0.0558 e. The van der Waals surface area contributed by atoms with Crippen molar-refractivity contribution in [1.82, 2.24) is 10.3 Å². The molecule has 0 aliphatic rings. The fourth-order valence-electron chi connectivity index (χ4n) is 1.83. The summed E-state index contributed by atoms with van der Waals surface area (Å²) in [5.74, 6) is 0. The molecule has 16 heavy (non-hydrogen) atoms. The summed E-state index contributed by atoms with van der Waals surface area (Å²) >= 11 is 0. The van der Waals surface area contributed by atoms with E-state index in [0.29, 0.717) is 12.1 Å². The van der Waals surface area contributed by atoms with Crippen LogP contribution in [0.5, 0.6) is 0 Å². The van der Waals surface area contributed by atoms with Gasteiger partial charge in [-0.1, -0.05) is 6.92 Å². The first-order chi connectivity index (χ1) is 7.76. The molecule has 0 spiro atoms. The van der Waals surface area contributed by atoms with Crippen LogP contribution in [0, 0.1) is 0 Å². The minimum absolute atomic E-state index is 0.297. The van der Waals surface area contributed by atoms with Crippen LogP contribution in [0.3, 0.4) is 0 Å². The van der Waals surface area contributed by atoms with Gasteiger partial charge < -0.3 is 10.1 Å². The van der Waals surface area contributed by atoms with Crippen molar-refractivity contribution in [2.24, 2.45) is 0 Å². The van der Waals surface area contributed by atoms with Crippen molar-refractivity contribution in [1.29, 1.82) is 0 Å². The Bertz CT molecular complexity index is 277. The van der Waals surface area contributed by atoms with E-state index >= 15 is 0 Å². The molecule has 0 aliphatic heterocycles. The highest BCUT2D eigenvalue weighted by molar-refractivity contribution is 5.11. The standard InChI is InChI=1S/C13H22N2O/c1-4-15-13(9-11(2)16-3)10-12-5-7-14-8-6-12/h5-8,11,13,15H,4,9-10H2,1-3H3. The maximum absolute atomic E-state index is 5.31. The van der Waals surface area contributed by atoms with Crippen LogP contribution in [0.25, 0.3) is 0 Å². The molecule has 1 aromatic heterocycles. The van der Waals surface area contributed by atoms with Gasteiger partial charge in [-0.15, -0.1) is 0 Å². The number of likely N-dealkylation sites (N-methyl/N-ethyl adjacent to an activating group) is 1. The fraction of sp³-hybridized carbons (Fsp3) is 0.615. The molecule has 3 heteroatoms. The number of hydrogen-bond acceptors (Lipinski definition) is 3. The van der Waals surface area contributed by atoms with Crippen LogP contribution in [0.1, 0.15) is 25.8 Å². The molecule has 2 unspecified atom stereocenters. The van der Waals surface area contributed by atoms with Gasteiger partial charge in [0, 0.05) is 25.5 Å². The van der Waals surface area contributed by atoms with Crippen molar-refractivity contribution in [2.45, 2.75) is 38.8 Å². The topological polar surface area (TPSA) is 34.2 Å². The number of hydrogen-bond donors (Lipinski definition) is 1. The number of nitrogens with zero attached hydrogens (tertiary/aromatic N) is 1. The number of aromatic nitrogens is 1. The second-order valence-corrected chi connectivity index (χ2v) is 4.10. The molecular weight excluding hydrogens is 200 g/mol. The van der Waals surface area contributed by atoms with Gasteiger partial charge in [0.1, 0.15) is 0 Å². The second-order valence-electron chi connectivity index (χ2n) is 4.10. The van der Waals surface area contributed by atoms with Crippen LogP contribution < -0.4 is 5.32 Å². The number of rotatable bonds is 7. The third-order valence-electron chi connectivity index (χ3n) is 2.74. The van der Waals surface area contributed by atoms with E-state index in [1.54, 1.807) is 7.11 Å². The normalized spacial score (nSPS) is 14.7. The molecule has 0 amide bonds. The van der Waals surface area contributed by atoms with Crippen LogP contribution in [-0.4, -0.2) is 30.8 Å². The minimum Gasteiger partial charge on any atom is -0.382 e. The summed E-state index contributed by atoms with van der Waals surface area (Å²) < 4.78 is 5.31. The van der Waals surface area contributed by atoms with Gasteiger partial charge in [0.15, 0.2) is 0 Å². The molecule has 1 rings (SSSR count). The molecule has 2 atom stereocenters. The quantitative estimate of drug-likeness (QED) is 0.766. The number of ether oxygens (including phenoxy) is 1. The average molecular weight is 222 g/mol. The summed E-state index contributed by atoms with van der Waals surface area (Å²) in [4.78, 5) is 4.03. The van der Waals surface area contributed by atoms with E-state index < -0.39 is 0 Å². The molecular formula is C13H22N2O. The first-order valence-electron chi connectivity index (χ1n) is 5.91. The lowest BCUT2D eigenvalue weighted by molar-refractivity contribution is 0.101. The Morgan fingerprint density at radius 2 is 2.06 bits per heavy atom. The van der Waals surface area contributed by atoms with Crippen LogP contribution >= 0.6 is 0 Å². The van der Waals surface area contributed by atoms with Gasteiger partial charge in [0.2, 0.25) is 0 Å². The molecule has 0 fully saturated rings. The Balaban J connectivity index is 2.50. The van der Waals surface area contributed by atoms with Crippen molar-refractivity contribution >= 4 is 0 Å². The lowest BCUT2D eigenvalue weighted by Gasteiger charge is -2.21. The molecule has 90 valence electrons. The Kier molecular flexibility index (Phi) is 6.04. The van der Waals surface area contributed by atoms with Gasteiger partial charge >= 0.3 is 0 Å². The highest BCUT2D eigenvalue weighted by Crippen LogP contribution is 2.08. The van der Waals surface area contributed by atoms with Gasteiger partial charge in [-0.05, 0) is 44.0 Å². The van der Waals surface area contributed by atoms with E-state index in [-0.39, 0.29) is 0 Å². The Morgan fingerprint density at radius 1 is 1.38 bits per heavy atom. The molecule has 0 radical (unpaired) electrons. The van der Waals surface area contributed by atoms with Gasteiger partial charge in [-0.2, -0.15) is 0 Å². The van der Waals surface area contributed by atoms with Crippen LogP contribution in [-0.2, 0) is 11.2 Å². The monoisotopic (exact) mass is 222 g/mol. The van der Waals surface area contributed by atoms with E-state index in [0.717, 1.165) is 19.4 Å². The summed E-state index contributed by atoms with van der Waals surface area (Å²) in [6.45, 7) is 5.24. The zero-order chi connectivity index (χ0) is 11.8. The lowest BCUT2D eigenvalue weighted by atomic mass is 10.0. The van der Waals surface area contributed by atoms with Crippen molar-refractivity contribution in [3.63, 3.8) is 0 Å². The van der Waals surface area contributed by atoms with E-state index in [4.69, 9.17) is 4.74 Å². The zero-order valence-electron chi connectivity index (χ0n) is 10.4. The lowest BCUT2D eigenvalue weighted by Crippen LogP contribution is -2.34. The van der Waals surface area contributed by atoms with Crippen molar-refractivity contribution in [2.75, 3.05) is 13.7 Å². The van der Waals surface area contributed by atoms with Crippen molar-refractivity contribution < 1.29 is 4.74 Å². The Hall–Kier alpha value is -0.930. The summed E-state index contributed by atoms with van der Waals surface area (Å²) in [5, 5.41) is 3.50. The largest absolute Gasteiger partial charge is 0.382 e. The SMILES string of the molecule is CCNC(Cc1ccncc1)CC(C)OC. The first kappa shape index (κ1) is 13.1. The molecule has 0 saturated carbocycles. The van der Waals surface area contributed by atoms with E-state index in [1.165, 1.54) is 5.56 Å². The number of methoxy groups -OCH3 is 1. The molecule has 1 heterocycles. The number of nitrogens with one attached hydrogen (secondary N) is 1. The van der Waals surface area contributed by atoms with Crippen molar-refractivity contribution in [3.05, 3.63) is 30.1 Å². The zero-order valence-corrected chi connectivity index (χ0v) is 10.4. The second kappa shape index (κ2) is 7.36. The smallest absolute Gasteiger partial charge is 0.0558 e. The van der Waals surface area contributed by atoms with E-state index in [2.05, 4.69) is 36.3 Å². The van der Waals surface area contributed by atoms with E-state index in [9.17, 15) is 0 Å². The molecule has 0 aromatic carbocycles. The molecule has 3 nitrogen and oxygen atoms in total. The third-order valence-corrected chi connectivity index (χ3v) is 2.74. The predicted molar refractivity (Wildman–Crippen MR) is 66.5 cm³/mol. The molecule has 1 N–H and O–H groups in total. The van der Waals surface area contributed by atoms with Gasteiger partial charge in [0.25, 0.3) is 0 Å². The third kappa shape index (κ3) is 4.73. The fourth-order valence-corrected chi connectivity index (χ4v) is 1.83. The van der Waals surface area contributed by atoms with Gasteiger partial charge in [-0.25, -0.2) is 0 Å². The summed E-state index contributed by atoms with van der Waals surface area (Å²) in [7, 11) is 1.76. The predicted octanol–water partition coefficient (Wildman–Crippen LogP) is 2.03. The van der Waals surface area contributed by atoms with Crippen molar-refractivity contribution in [3.8, 4) is 0 Å². The molecule has 0 saturated heterocycles. The minimum atomic E-state index is 0.297. The number of pyridine rings is 1. The van der Waals surface area contributed by atoms with Crippen LogP contribution in [0.4, 0.5) is 0 Å². The highest BCUT2D eigenvalue weighted by Gasteiger charge is 2.12. The Morgan fingerprint density at radius 3 is 2.62 bits per heavy atom. The summed E-state index contributed by atoms with van der Waals surface area (Å²) in [6.07, 6.45) is 6.05. The van der Waals surface area contributed by atoms with Crippen LogP contribution in [0.15, 0.2) is 24.5 Å². The summed E-state index contributed by atoms with van der Waals surface area (Å²) in [5.41, 5.74) is 1.32. The average Bonchev–Trinajstić information content (AvgIpc) is 2.30. The van der Waals surface area contributed by atoms with Gasteiger partial charge in [0.05, 0.1) is 6.10 Å². The highest BCUT2D eigenvalue weighted by atomic mass is 16.5. The van der Waals surface area contributed by atoms with Crippen LogP contribution in [0.2, 0.25) is 0 Å². The Labute approximate surface area is 98.2 Å². The molecule has 1 aromatic rings. The maximum atomic E-state index is 5.31.